The summed E-state index contributed by atoms with van der Waals surface area (Å²) in [5, 5.41) is 5.77. The Kier molecular flexibility index (Phi) is 6.41. The summed E-state index contributed by atoms with van der Waals surface area (Å²) in [4.78, 5) is 17.3. The van der Waals surface area contributed by atoms with Crippen LogP contribution in [0.15, 0.2) is 65.1 Å². The fourth-order valence-electron chi connectivity index (χ4n) is 3.26. The van der Waals surface area contributed by atoms with Gasteiger partial charge in [-0.15, -0.1) is 0 Å². The quantitative estimate of drug-likeness (QED) is 0.399. The summed E-state index contributed by atoms with van der Waals surface area (Å²) in [7, 11) is 4.57. The van der Waals surface area contributed by atoms with E-state index >= 15 is 0 Å². The van der Waals surface area contributed by atoms with E-state index in [-0.39, 0.29) is 10.7 Å². The van der Waals surface area contributed by atoms with Gasteiger partial charge in [-0.3, -0.25) is 10.1 Å². The molecule has 8 nitrogen and oxygen atoms in total. The second-order valence-electron chi connectivity index (χ2n) is 6.88. The number of hydrogen-bond acceptors (Lipinski definition) is 7. The first-order valence-corrected chi connectivity index (χ1v) is 10.3. The van der Waals surface area contributed by atoms with E-state index in [0.29, 0.717) is 39.9 Å². The number of nitrogens with zero attached hydrogens (tertiary/aromatic N) is 1. The highest BCUT2D eigenvalue weighted by atomic mass is 32.1. The number of ether oxygens (including phenoxy) is 3. The van der Waals surface area contributed by atoms with Crippen LogP contribution in [-0.4, -0.2) is 37.3 Å². The fraction of sp³-hybridized carbons (Fsp3) is 0.125. The molecule has 0 atom stereocenters. The minimum absolute atomic E-state index is 0.134. The Morgan fingerprint density at radius 2 is 1.64 bits per heavy atom. The topological polar surface area (TPSA) is 94.9 Å². The standard InChI is InChI=1S/C24H21N3O5S/c1-29-16-11-12-18-17(13-16)26-23(32-18)14-7-9-15(10-8-14)25-24(33)27-22(28)21-19(30-2)5-4-6-20(21)31-3/h4-13H,1-3H3,(H2,25,27,28,33). The molecule has 0 aliphatic rings. The number of nitrogens with one attached hydrogen (secondary N) is 2. The van der Waals surface area contributed by atoms with Gasteiger partial charge in [-0.05, 0) is 60.7 Å². The van der Waals surface area contributed by atoms with E-state index in [1.807, 2.05) is 42.5 Å². The van der Waals surface area contributed by atoms with Crippen molar-refractivity contribution in [1.82, 2.24) is 10.3 Å². The molecule has 2 N–H and O–H groups in total. The molecule has 1 amide bonds. The van der Waals surface area contributed by atoms with Crippen molar-refractivity contribution in [3.05, 3.63) is 66.2 Å². The molecule has 0 saturated heterocycles. The third kappa shape index (κ3) is 4.73. The molecule has 0 saturated carbocycles. The average Bonchev–Trinajstić information content (AvgIpc) is 3.27. The minimum atomic E-state index is -0.444. The Morgan fingerprint density at radius 3 is 2.27 bits per heavy atom. The third-order valence-electron chi connectivity index (χ3n) is 4.87. The monoisotopic (exact) mass is 463 g/mol. The van der Waals surface area contributed by atoms with Gasteiger partial charge >= 0.3 is 0 Å². The molecule has 0 aliphatic heterocycles. The summed E-state index contributed by atoms with van der Waals surface area (Å²) in [5.41, 5.74) is 3.12. The zero-order chi connectivity index (χ0) is 23.4. The lowest BCUT2D eigenvalue weighted by atomic mass is 10.1. The molecule has 4 rings (SSSR count). The number of methoxy groups -OCH3 is 3. The molecule has 33 heavy (non-hydrogen) atoms. The van der Waals surface area contributed by atoms with Crippen molar-refractivity contribution >= 4 is 40.0 Å². The van der Waals surface area contributed by atoms with E-state index in [2.05, 4.69) is 15.6 Å². The van der Waals surface area contributed by atoms with Crippen molar-refractivity contribution < 1.29 is 23.4 Å². The summed E-state index contributed by atoms with van der Waals surface area (Å²) in [6, 6.07) is 17.9. The van der Waals surface area contributed by atoms with Crippen LogP contribution in [0.4, 0.5) is 5.69 Å². The Bertz CT molecular complexity index is 1300. The molecular formula is C24H21N3O5S. The maximum Gasteiger partial charge on any atom is 0.264 e. The fourth-order valence-corrected chi connectivity index (χ4v) is 3.47. The minimum Gasteiger partial charge on any atom is -0.497 e. The summed E-state index contributed by atoms with van der Waals surface area (Å²) >= 11 is 5.30. The van der Waals surface area contributed by atoms with Crippen molar-refractivity contribution in [2.24, 2.45) is 0 Å². The van der Waals surface area contributed by atoms with E-state index < -0.39 is 5.91 Å². The molecule has 1 aromatic heterocycles. The zero-order valence-electron chi connectivity index (χ0n) is 18.2. The third-order valence-corrected chi connectivity index (χ3v) is 5.07. The summed E-state index contributed by atoms with van der Waals surface area (Å²) in [6.07, 6.45) is 0. The lowest BCUT2D eigenvalue weighted by Crippen LogP contribution is -2.34. The van der Waals surface area contributed by atoms with Crippen molar-refractivity contribution in [2.45, 2.75) is 0 Å². The highest BCUT2D eigenvalue weighted by molar-refractivity contribution is 7.80. The zero-order valence-corrected chi connectivity index (χ0v) is 19.0. The van der Waals surface area contributed by atoms with Crippen LogP contribution in [0, 0.1) is 0 Å². The first-order chi connectivity index (χ1) is 16.0. The number of carbonyl (C=O) groups excluding carboxylic acids is 1. The van der Waals surface area contributed by atoms with Crippen molar-refractivity contribution in [3.8, 4) is 28.7 Å². The van der Waals surface area contributed by atoms with E-state index in [0.717, 1.165) is 5.56 Å². The first-order valence-electron chi connectivity index (χ1n) is 9.90. The number of aromatic nitrogens is 1. The Morgan fingerprint density at radius 1 is 0.939 bits per heavy atom. The van der Waals surface area contributed by atoms with Gasteiger partial charge in [-0.1, -0.05) is 6.07 Å². The molecule has 168 valence electrons. The Hall–Kier alpha value is -4.11. The van der Waals surface area contributed by atoms with E-state index in [1.54, 1.807) is 25.3 Å². The second kappa shape index (κ2) is 9.58. The number of hydrogen-bond donors (Lipinski definition) is 2. The molecule has 0 unspecified atom stereocenters. The number of fused-ring (bicyclic) bond motifs is 1. The highest BCUT2D eigenvalue weighted by Crippen LogP contribution is 2.29. The van der Waals surface area contributed by atoms with E-state index in [1.165, 1.54) is 14.2 Å². The smallest absolute Gasteiger partial charge is 0.264 e. The van der Waals surface area contributed by atoms with E-state index in [9.17, 15) is 4.79 Å². The molecule has 1 heterocycles. The van der Waals surface area contributed by atoms with Crippen molar-refractivity contribution in [2.75, 3.05) is 26.6 Å². The SMILES string of the molecule is COc1ccc2oc(-c3ccc(NC(=S)NC(=O)c4c(OC)cccc4OC)cc3)nc2c1. The van der Waals surface area contributed by atoms with Gasteiger partial charge in [0.15, 0.2) is 10.7 Å². The lowest BCUT2D eigenvalue weighted by molar-refractivity contribution is 0.0971. The number of benzene rings is 3. The maximum atomic E-state index is 12.7. The van der Waals surface area contributed by atoms with Crippen LogP contribution in [0.25, 0.3) is 22.6 Å². The normalized spacial score (nSPS) is 10.5. The molecular weight excluding hydrogens is 442 g/mol. The summed E-state index contributed by atoms with van der Waals surface area (Å²) in [5.74, 6) is 1.53. The largest absolute Gasteiger partial charge is 0.497 e. The van der Waals surface area contributed by atoms with E-state index in [4.69, 9.17) is 30.8 Å². The lowest BCUT2D eigenvalue weighted by Gasteiger charge is -2.14. The molecule has 4 aromatic rings. The van der Waals surface area contributed by atoms with Gasteiger partial charge in [0.1, 0.15) is 28.3 Å². The van der Waals surface area contributed by atoms with Crippen LogP contribution in [0.2, 0.25) is 0 Å². The summed E-state index contributed by atoms with van der Waals surface area (Å²) < 4.78 is 21.6. The number of thiocarbonyl (C=S) groups is 1. The first kappa shape index (κ1) is 22.1. The van der Waals surface area contributed by atoms with Crippen LogP contribution in [0.5, 0.6) is 17.2 Å². The number of anilines is 1. The highest BCUT2D eigenvalue weighted by Gasteiger charge is 2.19. The van der Waals surface area contributed by atoms with Gasteiger partial charge < -0.3 is 23.9 Å². The van der Waals surface area contributed by atoms with Crippen molar-refractivity contribution in [1.29, 1.82) is 0 Å². The predicted molar refractivity (Wildman–Crippen MR) is 129 cm³/mol. The summed E-state index contributed by atoms with van der Waals surface area (Å²) in [6.45, 7) is 0. The average molecular weight is 464 g/mol. The molecule has 9 heteroatoms. The molecule has 0 spiro atoms. The molecule has 0 bridgehead atoms. The van der Waals surface area contributed by atoms with Crippen LogP contribution in [-0.2, 0) is 0 Å². The number of carbonyl (C=O) groups is 1. The maximum absolute atomic E-state index is 12.7. The molecule has 0 aliphatic carbocycles. The van der Waals surface area contributed by atoms with Gasteiger partial charge in [0.2, 0.25) is 5.89 Å². The van der Waals surface area contributed by atoms with Crippen LogP contribution >= 0.6 is 12.2 Å². The van der Waals surface area contributed by atoms with Gasteiger partial charge in [0, 0.05) is 17.3 Å². The molecule has 3 aromatic carbocycles. The number of rotatable bonds is 6. The van der Waals surface area contributed by atoms with Gasteiger partial charge in [0.25, 0.3) is 5.91 Å². The van der Waals surface area contributed by atoms with Crippen molar-refractivity contribution in [3.63, 3.8) is 0 Å². The number of oxazole rings is 1. The second-order valence-corrected chi connectivity index (χ2v) is 7.28. The van der Waals surface area contributed by atoms with Crippen LogP contribution in [0.3, 0.4) is 0 Å². The van der Waals surface area contributed by atoms with Gasteiger partial charge in [-0.2, -0.15) is 0 Å². The Balaban J connectivity index is 1.45. The van der Waals surface area contributed by atoms with Gasteiger partial charge in [0.05, 0.1) is 21.3 Å². The number of amides is 1. The van der Waals surface area contributed by atoms with Crippen LogP contribution in [0.1, 0.15) is 10.4 Å². The van der Waals surface area contributed by atoms with Gasteiger partial charge in [-0.25, -0.2) is 4.98 Å². The molecule has 0 radical (unpaired) electrons. The predicted octanol–water partition coefficient (Wildman–Crippen LogP) is 4.65. The molecule has 0 fully saturated rings. The van der Waals surface area contributed by atoms with Crippen LogP contribution < -0.4 is 24.8 Å². The Labute approximate surface area is 195 Å².